The smallest absolute Gasteiger partial charge is 0.166 e. The van der Waals surface area contributed by atoms with E-state index >= 15 is 0 Å². The van der Waals surface area contributed by atoms with Gasteiger partial charge in [0.05, 0.1) is 10.9 Å². The van der Waals surface area contributed by atoms with E-state index in [1.54, 1.807) is 18.2 Å². The van der Waals surface area contributed by atoms with E-state index in [2.05, 4.69) is 15.0 Å². The number of nitrogens with one attached hydrogen (secondary N) is 1. The number of fused-ring (bicyclic) bond motifs is 1. The fraction of sp³-hybridized carbons (Fsp3) is 0.250. The lowest BCUT2D eigenvalue weighted by Gasteiger charge is -2.05. The van der Waals surface area contributed by atoms with E-state index < -0.39 is 0 Å². The highest BCUT2D eigenvalue weighted by molar-refractivity contribution is 5.92. The fourth-order valence-corrected chi connectivity index (χ4v) is 2.91. The zero-order valence-electron chi connectivity index (χ0n) is 11.7. The summed E-state index contributed by atoms with van der Waals surface area (Å²) in [6, 6.07) is 6.46. The van der Waals surface area contributed by atoms with E-state index in [-0.39, 0.29) is 5.82 Å². The molecule has 3 N–H and O–H groups in total. The lowest BCUT2D eigenvalue weighted by Crippen LogP contribution is -1.99. The van der Waals surface area contributed by atoms with Gasteiger partial charge in [0.25, 0.3) is 0 Å². The molecular formula is C16H15FN4. The quantitative estimate of drug-likeness (QED) is 0.755. The molecule has 106 valence electrons. The third-order valence-corrected chi connectivity index (χ3v) is 4.02. The van der Waals surface area contributed by atoms with Crippen molar-refractivity contribution in [2.45, 2.75) is 25.7 Å². The van der Waals surface area contributed by atoms with Crippen LogP contribution < -0.4 is 5.73 Å². The first-order valence-corrected chi connectivity index (χ1v) is 7.05. The molecule has 1 aromatic carbocycles. The molecule has 1 saturated carbocycles. The average molecular weight is 282 g/mol. The second-order valence-corrected chi connectivity index (χ2v) is 5.57. The number of H-pyrrole nitrogens is 1. The van der Waals surface area contributed by atoms with Gasteiger partial charge in [-0.3, -0.25) is 0 Å². The highest BCUT2D eigenvalue weighted by Gasteiger charge is 2.30. The van der Waals surface area contributed by atoms with E-state index in [4.69, 9.17) is 5.73 Å². The number of hydrogen-bond donors (Lipinski definition) is 2. The molecule has 1 aliphatic rings. The summed E-state index contributed by atoms with van der Waals surface area (Å²) in [7, 11) is 0. The summed E-state index contributed by atoms with van der Waals surface area (Å²) in [4.78, 5) is 12.1. The van der Waals surface area contributed by atoms with Gasteiger partial charge in [0.1, 0.15) is 17.3 Å². The maximum absolute atomic E-state index is 13.9. The molecule has 5 heteroatoms. The minimum atomic E-state index is -0.345. The molecule has 21 heavy (non-hydrogen) atoms. The number of nitrogen functional groups attached to an aromatic ring is 1. The van der Waals surface area contributed by atoms with E-state index in [9.17, 15) is 4.39 Å². The number of anilines is 1. The first-order valence-electron chi connectivity index (χ1n) is 7.05. The van der Waals surface area contributed by atoms with Crippen LogP contribution in [0.3, 0.4) is 0 Å². The van der Waals surface area contributed by atoms with Crippen LogP contribution in [-0.2, 0) is 0 Å². The summed E-state index contributed by atoms with van der Waals surface area (Å²) in [5.74, 6) is 0.956. The van der Waals surface area contributed by atoms with Gasteiger partial charge < -0.3 is 10.7 Å². The maximum Gasteiger partial charge on any atom is 0.166 e. The van der Waals surface area contributed by atoms with E-state index in [1.165, 1.54) is 24.5 Å². The zero-order valence-corrected chi connectivity index (χ0v) is 11.7. The van der Waals surface area contributed by atoms with Crippen molar-refractivity contribution in [1.82, 2.24) is 15.0 Å². The lowest BCUT2D eigenvalue weighted by atomic mass is 10.1. The lowest BCUT2D eigenvalue weighted by molar-refractivity contribution is 0.630. The van der Waals surface area contributed by atoms with Gasteiger partial charge in [-0.25, -0.2) is 14.4 Å². The molecule has 1 aliphatic carbocycles. The van der Waals surface area contributed by atoms with Crippen molar-refractivity contribution in [2.75, 3.05) is 5.73 Å². The van der Waals surface area contributed by atoms with Gasteiger partial charge in [-0.05, 0) is 43.4 Å². The molecular weight excluding hydrogens is 267 g/mol. The Hall–Kier alpha value is -2.43. The van der Waals surface area contributed by atoms with Crippen molar-refractivity contribution in [3.63, 3.8) is 0 Å². The SMILES string of the molecule is Cc1[nH]c2nc(-c3ccccc3F)nc(N)c2c1C1CC1. The van der Waals surface area contributed by atoms with Crippen molar-refractivity contribution in [2.24, 2.45) is 0 Å². The van der Waals surface area contributed by atoms with Crippen LogP contribution in [0, 0.1) is 12.7 Å². The molecule has 0 bridgehead atoms. The fourth-order valence-electron chi connectivity index (χ4n) is 2.91. The Kier molecular flexibility index (Phi) is 2.51. The summed E-state index contributed by atoms with van der Waals surface area (Å²) in [6.45, 7) is 2.03. The molecule has 2 aromatic heterocycles. The molecule has 0 atom stereocenters. The Morgan fingerprint density at radius 3 is 2.71 bits per heavy atom. The highest BCUT2D eigenvalue weighted by atomic mass is 19.1. The number of aryl methyl sites for hydroxylation is 1. The highest BCUT2D eigenvalue weighted by Crippen LogP contribution is 2.46. The minimum Gasteiger partial charge on any atom is -0.383 e. The van der Waals surface area contributed by atoms with Crippen LogP contribution in [0.1, 0.15) is 30.0 Å². The van der Waals surface area contributed by atoms with Gasteiger partial charge in [0, 0.05) is 5.69 Å². The number of rotatable bonds is 2. The second-order valence-electron chi connectivity index (χ2n) is 5.57. The third kappa shape index (κ3) is 1.88. The molecule has 0 amide bonds. The van der Waals surface area contributed by atoms with Crippen molar-refractivity contribution in [3.8, 4) is 11.4 Å². The maximum atomic E-state index is 13.9. The van der Waals surface area contributed by atoms with Gasteiger partial charge in [0.2, 0.25) is 0 Å². The molecule has 4 nitrogen and oxygen atoms in total. The van der Waals surface area contributed by atoms with E-state index in [1.807, 2.05) is 6.92 Å². The van der Waals surface area contributed by atoms with Crippen LogP contribution in [0.25, 0.3) is 22.4 Å². The van der Waals surface area contributed by atoms with Crippen LogP contribution in [0.15, 0.2) is 24.3 Å². The first-order chi connectivity index (χ1) is 10.1. The van der Waals surface area contributed by atoms with Gasteiger partial charge in [0.15, 0.2) is 5.82 Å². The van der Waals surface area contributed by atoms with Gasteiger partial charge in [-0.1, -0.05) is 12.1 Å². The van der Waals surface area contributed by atoms with Gasteiger partial charge >= 0.3 is 0 Å². The molecule has 0 unspecified atom stereocenters. The minimum absolute atomic E-state index is 0.321. The van der Waals surface area contributed by atoms with Crippen molar-refractivity contribution < 1.29 is 4.39 Å². The molecule has 3 aromatic rings. The Morgan fingerprint density at radius 2 is 2.00 bits per heavy atom. The number of halogens is 1. The third-order valence-electron chi connectivity index (χ3n) is 4.02. The summed E-state index contributed by atoms with van der Waals surface area (Å²) in [5, 5.41) is 0.898. The molecule has 4 rings (SSSR count). The number of benzene rings is 1. The topological polar surface area (TPSA) is 67.6 Å². The number of nitrogens with two attached hydrogens (primary N) is 1. The van der Waals surface area contributed by atoms with E-state index in [0.717, 1.165) is 11.1 Å². The van der Waals surface area contributed by atoms with Gasteiger partial charge in [-0.15, -0.1) is 0 Å². The van der Waals surface area contributed by atoms with Crippen molar-refractivity contribution in [3.05, 3.63) is 41.3 Å². The Morgan fingerprint density at radius 1 is 1.24 bits per heavy atom. The predicted molar refractivity (Wildman–Crippen MR) is 80.4 cm³/mol. The molecule has 1 fully saturated rings. The van der Waals surface area contributed by atoms with Crippen LogP contribution in [0.4, 0.5) is 10.2 Å². The normalized spacial score (nSPS) is 14.8. The first kappa shape index (κ1) is 12.3. The Balaban J connectivity index is 1.96. The number of aromatic amines is 1. The number of nitrogens with zero attached hydrogens (tertiary/aromatic N) is 2. The van der Waals surface area contributed by atoms with E-state index in [0.29, 0.717) is 28.8 Å². The van der Waals surface area contributed by atoms with Gasteiger partial charge in [-0.2, -0.15) is 0 Å². The summed E-state index contributed by atoms with van der Waals surface area (Å²) in [5.41, 5.74) is 9.50. The van der Waals surface area contributed by atoms with Crippen LogP contribution in [0.5, 0.6) is 0 Å². The van der Waals surface area contributed by atoms with Crippen LogP contribution in [0.2, 0.25) is 0 Å². The molecule has 0 saturated heterocycles. The monoisotopic (exact) mass is 282 g/mol. The number of hydrogen-bond acceptors (Lipinski definition) is 3. The average Bonchev–Trinajstić information content (AvgIpc) is 3.22. The van der Waals surface area contributed by atoms with Crippen molar-refractivity contribution in [1.29, 1.82) is 0 Å². The van der Waals surface area contributed by atoms with Crippen LogP contribution in [-0.4, -0.2) is 15.0 Å². The summed E-state index contributed by atoms with van der Waals surface area (Å²) in [6.07, 6.45) is 2.37. The summed E-state index contributed by atoms with van der Waals surface area (Å²) >= 11 is 0. The number of aromatic nitrogens is 3. The predicted octanol–water partition coefficient (Wildman–Crippen LogP) is 3.53. The Labute approximate surface area is 121 Å². The molecule has 0 radical (unpaired) electrons. The Bertz CT molecular complexity index is 849. The van der Waals surface area contributed by atoms with Crippen molar-refractivity contribution >= 4 is 16.9 Å². The molecule has 0 spiro atoms. The zero-order chi connectivity index (χ0) is 14.6. The van der Waals surface area contributed by atoms with Crippen LogP contribution >= 0.6 is 0 Å². The summed E-state index contributed by atoms with van der Waals surface area (Å²) < 4.78 is 13.9. The molecule has 0 aliphatic heterocycles. The molecule has 2 heterocycles. The second kappa shape index (κ2) is 4.28. The largest absolute Gasteiger partial charge is 0.383 e. The standard InChI is InChI=1S/C16H15FN4/c1-8-12(9-6-7-9)13-14(18)20-15(21-16(13)19-8)10-4-2-3-5-11(10)17/h2-5,9H,6-7H2,1H3,(H3,18,19,20,21).